The monoisotopic (exact) mass is 239 g/mol. The van der Waals surface area contributed by atoms with E-state index in [1.807, 2.05) is 0 Å². The maximum absolute atomic E-state index is 11.9. The van der Waals surface area contributed by atoms with Crippen molar-refractivity contribution < 1.29 is 19.2 Å². The van der Waals surface area contributed by atoms with Crippen molar-refractivity contribution in [3.63, 3.8) is 0 Å². The Hall–Kier alpha value is -1.89. The largest absolute Gasteiger partial charge is 0.475 e. The van der Waals surface area contributed by atoms with Crippen LogP contribution in [0.25, 0.3) is 0 Å². The first-order valence-corrected chi connectivity index (χ1v) is 5.33. The lowest BCUT2D eigenvalue weighted by molar-refractivity contribution is 0.0645. The Morgan fingerprint density at radius 1 is 1.59 bits per heavy atom. The summed E-state index contributed by atoms with van der Waals surface area (Å²) in [5, 5.41) is 12.1. The topological polar surface area (TPSA) is 110 Å². The van der Waals surface area contributed by atoms with Gasteiger partial charge >= 0.3 is 5.97 Å². The van der Waals surface area contributed by atoms with Gasteiger partial charge in [-0.15, -0.1) is 0 Å². The summed E-state index contributed by atoms with van der Waals surface area (Å²) in [7, 11) is 0. The number of carbonyl (C=O) groups excluding carboxylic acids is 1. The molecule has 7 nitrogen and oxygen atoms in total. The summed E-state index contributed by atoms with van der Waals surface area (Å²) in [5.41, 5.74) is 5.77. The number of aromatic carboxylic acids is 1. The van der Waals surface area contributed by atoms with E-state index in [0.29, 0.717) is 13.1 Å². The van der Waals surface area contributed by atoms with E-state index in [4.69, 9.17) is 10.8 Å². The number of piperidine rings is 1. The zero-order chi connectivity index (χ0) is 12.4. The van der Waals surface area contributed by atoms with Gasteiger partial charge in [-0.1, -0.05) is 5.16 Å². The quantitative estimate of drug-likeness (QED) is 0.747. The molecule has 1 unspecified atom stereocenters. The average molecular weight is 239 g/mol. The van der Waals surface area contributed by atoms with Gasteiger partial charge in [0, 0.05) is 25.2 Å². The Kier molecular flexibility index (Phi) is 3.10. The molecule has 1 saturated heterocycles. The van der Waals surface area contributed by atoms with Gasteiger partial charge < -0.3 is 20.3 Å². The second-order valence-corrected chi connectivity index (χ2v) is 4.04. The molecule has 1 aliphatic rings. The third kappa shape index (κ3) is 2.44. The number of aromatic nitrogens is 1. The summed E-state index contributed by atoms with van der Waals surface area (Å²) < 4.78 is 4.54. The maximum atomic E-state index is 11.9. The molecule has 1 atom stereocenters. The minimum atomic E-state index is -1.24. The molecule has 0 aromatic carbocycles. The molecule has 1 fully saturated rings. The average Bonchev–Trinajstić information content (AvgIpc) is 2.77. The fraction of sp³-hybridized carbons (Fsp3) is 0.500. The van der Waals surface area contributed by atoms with Gasteiger partial charge in [0.1, 0.15) is 0 Å². The number of amides is 1. The Morgan fingerprint density at radius 2 is 2.35 bits per heavy atom. The van der Waals surface area contributed by atoms with Gasteiger partial charge in [0.05, 0.1) is 0 Å². The molecule has 1 aromatic rings. The molecular formula is C10H13N3O4. The van der Waals surface area contributed by atoms with E-state index in [1.165, 1.54) is 0 Å². The molecule has 1 aliphatic heterocycles. The van der Waals surface area contributed by atoms with Gasteiger partial charge in [0.2, 0.25) is 5.76 Å². The number of likely N-dealkylation sites (tertiary alicyclic amines) is 1. The smallest absolute Gasteiger partial charge is 0.374 e. The van der Waals surface area contributed by atoms with Crippen molar-refractivity contribution in [2.24, 2.45) is 5.73 Å². The molecule has 7 heteroatoms. The van der Waals surface area contributed by atoms with Gasteiger partial charge in [-0.2, -0.15) is 0 Å². The van der Waals surface area contributed by atoms with Crippen LogP contribution in [0.2, 0.25) is 0 Å². The van der Waals surface area contributed by atoms with Crippen molar-refractivity contribution in [2.45, 2.75) is 18.9 Å². The standard InChI is InChI=1S/C10H13N3O4/c11-6-2-1-3-13(5-6)9(14)7-4-8(10(15)16)17-12-7/h4,6H,1-3,5,11H2,(H,15,16). The first-order valence-electron chi connectivity index (χ1n) is 5.33. The van der Waals surface area contributed by atoms with Crippen molar-refractivity contribution >= 4 is 11.9 Å². The van der Waals surface area contributed by atoms with E-state index in [1.54, 1.807) is 4.90 Å². The van der Waals surface area contributed by atoms with Crippen LogP contribution in [0.1, 0.15) is 33.9 Å². The predicted octanol–water partition coefficient (Wildman–Crippen LogP) is -0.0639. The molecule has 2 rings (SSSR count). The van der Waals surface area contributed by atoms with Crippen LogP contribution in [-0.2, 0) is 0 Å². The lowest BCUT2D eigenvalue weighted by atomic mass is 10.1. The van der Waals surface area contributed by atoms with Crippen LogP contribution in [0.4, 0.5) is 0 Å². The second kappa shape index (κ2) is 4.54. The molecule has 1 aromatic heterocycles. The van der Waals surface area contributed by atoms with Crippen molar-refractivity contribution in [2.75, 3.05) is 13.1 Å². The highest BCUT2D eigenvalue weighted by Crippen LogP contribution is 2.13. The number of hydrogen-bond donors (Lipinski definition) is 2. The minimum absolute atomic E-state index is 0.0106. The molecule has 92 valence electrons. The maximum Gasteiger partial charge on any atom is 0.374 e. The SMILES string of the molecule is NC1CCCN(C(=O)c2cc(C(=O)O)on2)C1. The van der Waals surface area contributed by atoms with Gasteiger partial charge in [-0.25, -0.2) is 4.79 Å². The number of carboxylic acid groups (broad SMARTS) is 1. The van der Waals surface area contributed by atoms with E-state index in [9.17, 15) is 9.59 Å². The van der Waals surface area contributed by atoms with E-state index >= 15 is 0 Å². The van der Waals surface area contributed by atoms with Crippen LogP contribution in [0.15, 0.2) is 10.6 Å². The molecule has 0 saturated carbocycles. The molecule has 0 bridgehead atoms. The Morgan fingerprint density at radius 3 is 2.94 bits per heavy atom. The fourth-order valence-electron chi connectivity index (χ4n) is 1.83. The Bertz CT molecular complexity index is 443. The highest BCUT2D eigenvalue weighted by atomic mass is 16.5. The van der Waals surface area contributed by atoms with Crippen LogP contribution >= 0.6 is 0 Å². The zero-order valence-electron chi connectivity index (χ0n) is 9.13. The van der Waals surface area contributed by atoms with Gasteiger partial charge in [0.15, 0.2) is 5.69 Å². The fourth-order valence-corrected chi connectivity index (χ4v) is 1.83. The summed E-state index contributed by atoms with van der Waals surface area (Å²) in [5.74, 6) is -1.92. The number of carbonyl (C=O) groups is 2. The van der Waals surface area contributed by atoms with E-state index in [-0.39, 0.29) is 23.4 Å². The highest BCUT2D eigenvalue weighted by Gasteiger charge is 2.25. The molecule has 0 aliphatic carbocycles. The van der Waals surface area contributed by atoms with E-state index < -0.39 is 5.97 Å². The second-order valence-electron chi connectivity index (χ2n) is 4.04. The molecule has 1 amide bonds. The Balaban J connectivity index is 2.10. The van der Waals surface area contributed by atoms with Gasteiger partial charge in [-0.05, 0) is 12.8 Å². The van der Waals surface area contributed by atoms with Crippen LogP contribution in [0, 0.1) is 0 Å². The number of rotatable bonds is 2. The van der Waals surface area contributed by atoms with E-state index in [0.717, 1.165) is 18.9 Å². The summed E-state index contributed by atoms with van der Waals surface area (Å²) in [4.78, 5) is 24.1. The molecule has 3 N–H and O–H groups in total. The lowest BCUT2D eigenvalue weighted by Crippen LogP contribution is -2.45. The third-order valence-corrected chi connectivity index (χ3v) is 2.69. The van der Waals surface area contributed by atoms with Gasteiger partial charge in [0.25, 0.3) is 5.91 Å². The molecular weight excluding hydrogens is 226 g/mol. The normalized spacial score (nSPS) is 20.3. The van der Waals surface area contributed by atoms with Crippen molar-refractivity contribution in [1.82, 2.24) is 10.1 Å². The van der Waals surface area contributed by atoms with Crippen molar-refractivity contribution in [1.29, 1.82) is 0 Å². The summed E-state index contributed by atoms with van der Waals surface area (Å²) in [6, 6.07) is 1.10. The highest BCUT2D eigenvalue weighted by molar-refractivity contribution is 5.94. The Labute approximate surface area is 97.2 Å². The van der Waals surface area contributed by atoms with Crippen LogP contribution in [-0.4, -0.2) is 46.2 Å². The van der Waals surface area contributed by atoms with Crippen molar-refractivity contribution in [3.8, 4) is 0 Å². The predicted molar refractivity (Wildman–Crippen MR) is 56.6 cm³/mol. The molecule has 17 heavy (non-hydrogen) atoms. The molecule has 0 radical (unpaired) electrons. The minimum Gasteiger partial charge on any atom is -0.475 e. The van der Waals surface area contributed by atoms with Crippen LogP contribution < -0.4 is 5.73 Å². The first kappa shape index (κ1) is 11.6. The summed E-state index contributed by atoms with van der Waals surface area (Å²) in [6.07, 6.45) is 1.74. The van der Waals surface area contributed by atoms with Crippen LogP contribution in [0.3, 0.4) is 0 Å². The molecule has 2 heterocycles. The molecule has 0 spiro atoms. The summed E-state index contributed by atoms with van der Waals surface area (Å²) in [6.45, 7) is 1.08. The van der Waals surface area contributed by atoms with Crippen molar-refractivity contribution in [3.05, 3.63) is 17.5 Å². The van der Waals surface area contributed by atoms with Gasteiger partial charge in [-0.3, -0.25) is 4.79 Å². The number of nitrogens with zero attached hydrogens (tertiary/aromatic N) is 2. The van der Waals surface area contributed by atoms with Crippen LogP contribution in [0.5, 0.6) is 0 Å². The third-order valence-electron chi connectivity index (χ3n) is 2.69. The number of hydrogen-bond acceptors (Lipinski definition) is 5. The summed E-state index contributed by atoms with van der Waals surface area (Å²) >= 11 is 0. The number of carboxylic acids is 1. The lowest BCUT2D eigenvalue weighted by Gasteiger charge is -2.29. The first-order chi connectivity index (χ1) is 8.08. The number of nitrogens with two attached hydrogens (primary N) is 1. The zero-order valence-corrected chi connectivity index (χ0v) is 9.13. The van der Waals surface area contributed by atoms with E-state index in [2.05, 4.69) is 9.68 Å².